The molecule has 0 aliphatic carbocycles. The number of carbonyl (C=O) groups excluding carboxylic acids is 2. The highest BCUT2D eigenvalue weighted by molar-refractivity contribution is 6.30. The lowest BCUT2D eigenvalue weighted by Gasteiger charge is -2.23. The molecular formula is C13H15ClO3. The van der Waals surface area contributed by atoms with Crippen molar-refractivity contribution >= 4 is 23.4 Å². The fourth-order valence-corrected chi connectivity index (χ4v) is 1.67. The fraction of sp³-hybridized carbons (Fsp3) is 0.385. The van der Waals surface area contributed by atoms with Crippen LogP contribution >= 0.6 is 11.6 Å². The Hall–Kier alpha value is -1.35. The summed E-state index contributed by atoms with van der Waals surface area (Å²) in [6.07, 6.45) is 0.390. The first-order valence-corrected chi connectivity index (χ1v) is 5.72. The maximum Gasteiger partial charge on any atom is 0.319 e. The van der Waals surface area contributed by atoms with Gasteiger partial charge in [-0.3, -0.25) is 9.59 Å². The van der Waals surface area contributed by atoms with Gasteiger partial charge in [-0.15, -0.1) is 0 Å². The van der Waals surface area contributed by atoms with Crippen LogP contribution in [0.15, 0.2) is 24.3 Å². The lowest BCUT2D eigenvalue weighted by atomic mass is 9.80. The van der Waals surface area contributed by atoms with Gasteiger partial charge in [-0.1, -0.05) is 18.5 Å². The van der Waals surface area contributed by atoms with Crippen molar-refractivity contribution in [1.29, 1.82) is 0 Å². The summed E-state index contributed by atoms with van der Waals surface area (Å²) in [5.74, 6) is -0.761. The van der Waals surface area contributed by atoms with Crippen molar-refractivity contribution in [3.05, 3.63) is 34.9 Å². The smallest absolute Gasteiger partial charge is 0.319 e. The van der Waals surface area contributed by atoms with E-state index in [-0.39, 0.29) is 5.78 Å². The van der Waals surface area contributed by atoms with Crippen LogP contribution in [-0.2, 0) is 9.53 Å². The van der Waals surface area contributed by atoms with E-state index in [1.54, 1.807) is 38.1 Å². The molecule has 0 saturated heterocycles. The molecule has 1 unspecified atom stereocenters. The highest BCUT2D eigenvalue weighted by Crippen LogP contribution is 2.28. The molecule has 0 saturated carbocycles. The van der Waals surface area contributed by atoms with E-state index < -0.39 is 11.4 Å². The highest BCUT2D eigenvalue weighted by Gasteiger charge is 2.40. The standard InChI is InChI=1S/C13H15ClO3/c1-4-13(2,12(16)17-3)11(15)9-5-7-10(14)8-6-9/h5-8H,4H2,1-3H3. The second-order valence-corrected chi connectivity index (χ2v) is 4.45. The summed E-state index contributed by atoms with van der Waals surface area (Å²) in [5, 5.41) is 0.554. The van der Waals surface area contributed by atoms with E-state index >= 15 is 0 Å². The minimum absolute atomic E-state index is 0.247. The van der Waals surface area contributed by atoms with E-state index in [9.17, 15) is 9.59 Å². The molecule has 3 nitrogen and oxygen atoms in total. The number of methoxy groups -OCH3 is 1. The van der Waals surface area contributed by atoms with Crippen LogP contribution < -0.4 is 0 Å². The first-order chi connectivity index (χ1) is 7.95. The number of ether oxygens (including phenoxy) is 1. The Morgan fingerprint density at radius 1 is 1.29 bits per heavy atom. The van der Waals surface area contributed by atoms with Crippen LogP contribution in [0.3, 0.4) is 0 Å². The lowest BCUT2D eigenvalue weighted by molar-refractivity contribution is -0.148. The summed E-state index contributed by atoms with van der Waals surface area (Å²) in [4.78, 5) is 23.9. The number of halogens is 1. The van der Waals surface area contributed by atoms with E-state index in [1.807, 2.05) is 0 Å². The summed E-state index contributed by atoms with van der Waals surface area (Å²) in [7, 11) is 1.28. The Bertz CT molecular complexity index is 425. The molecule has 0 fully saturated rings. The van der Waals surface area contributed by atoms with Gasteiger partial charge in [0.1, 0.15) is 5.41 Å². The molecule has 92 valence electrons. The summed E-state index contributed by atoms with van der Waals surface area (Å²) in [5.41, 5.74) is -0.674. The summed E-state index contributed by atoms with van der Waals surface area (Å²) in [6.45, 7) is 3.38. The number of esters is 1. The zero-order valence-electron chi connectivity index (χ0n) is 10.1. The van der Waals surface area contributed by atoms with Gasteiger partial charge in [-0.25, -0.2) is 0 Å². The largest absolute Gasteiger partial charge is 0.468 e. The van der Waals surface area contributed by atoms with Crippen molar-refractivity contribution in [2.24, 2.45) is 5.41 Å². The van der Waals surface area contributed by atoms with Crippen LogP contribution in [0.2, 0.25) is 5.02 Å². The molecular weight excluding hydrogens is 240 g/mol. The topological polar surface area (TPSA) is 43.4 Å². The molecule has 0 aliphatic heterocycles. The molecule has 0 aliphatic rings. The second-order valence-electron chi connectivity index (χ2n) is 4.01. The Morgan fingerprint density at radius 2 is 1.82 bits per heavy atom. The monoisotopic (exact) mass is 254 g/mol. The molecule has 0 amide bonds. The van der Waals surface area contributed by atoms with E-state index in [1.165, 1.54) is 7.11 Å². The number of hydrogen-bond acceptors (Lipinski definition) is 3. The van der Waals surface area contributed by atoms with Gasteiger partial charge in [0.05, 0.1) is 7.11 Å². The van der Waals surface area contributed by atoms with Gasteiger partial charge in [-0.05, 0) is 37.6 Å². The number of benzene rings is 1. The van der Waals surface area contributed by atoms with Crippen molar-refractivity contribution in [2.45, 2.75) is 20.3 Å². The molecule has 0 radical (unpaired) electrons. The minimum atomic E-state index is -1.14. The summed E-state index contributed by atoms with van der Waals surface area (Å²) < 4.78 is 4.69. The maximum atomic E-state index is 12.3. The maximum absolute atomic E-state index is 12.3. The third-order valence-electron chi connectivity index (χ3n) is 2.95. The van der Waals surface area contributed by atoms with Gasteiger partial charge in [0, 0.05) is 10.6 Å². The molecule has 1 rings (SSSR count). The average Bonchev–Trinajstić information content (AvgIpc) is 2.36. The zero-order valence-corrected chi connectivity index (χ0v) is 10.9. The predicted molar refractivity (Wildman–Crippen MR) is 66.2 cm³/mol. The molecule has 0 aromatic heterocycles. The van der Waals surface area contributed by atoms with Crippen LogP contribution in [0.1, 0.15) is 30.6 Å². The van der Waals surface area contributed by atoms with Gasteiger partial charge in [0.15, 0.2) is 5.78 Å². The van der Waals surface area contributed by atoms with E-state index in [0.29, 0.717) is 17.0 Å². The van der Waals surface area contributed by atoms with Gasteiger partial charge in [-0.2, -0.15) is 0 Å². The highest BCUT2D eigenvalue weighted by atomic mass is 35.5. The van der Waals surface area contributed by atoms with Crippen LogP contribution in [0.25, 0.3) is 0 Å². The number of carbonyl (C=O) groups is 2. The van der Waals surface area contributed by atoms with Gasteiger partial charge < -0.3 is 4.74 Å². The minimum Gasteiger partial charge on any atom is -0.468 e. The molecule has 0 bridgehead atoms. The quantitative estimate of drug-likeness (QED) is 0.471. The van der Waals surface area contributed by atoms with Gasteiger partial charge in [0.25, 0.3) is 0 Å². The van der Waals surface area contributed by atoms with Gasteiger partial charge >= 0.3 is 5.97 Å². The third-order valence-corrected chi connectivity index (χ3v) is 3.20. The molecule has 17 heavy (non-hydrogen) atoms. The van der Waals surface area contributed by atoms with Crippen LogP contribution in [-0.4, -0.2) is 18.9 Å². The number of Topliss-reactive ketones (excluding diaryl/α,β-unsaturated/α-hetero) is 1. The van der Waals surface area contributed by atoms with Crippen molar-refractivity contribution in [3.63, 3.8) is 0 Å². The Morgan fingerprint density at radius 3 is 2.24 bits per heavy atom. The first kappa shape index (κ1) is 13.7. The van der Waals surface area contributed by atoms with E-state index in [4.69, 9.17) is 11.6 Å². The third kappa shape index (κ3) is 2.67. The van der Waals surface area contributed by atoms with Crippen molar-refractivity contribution in [3.8, 4) is 0 Å². The van der Waals surface area contributed by atoms with Crippen LogP contribution in [0, 0.1) is 5.41 Å². The molecule has 1 aromatic carbocycles. The average molecular weight is 255 g/mol. The van der Waals surface area contributed by atoms with Crippen LogP contribution in [0.5, 0.6) is 0 Å². The molecule has 0 heterocycles. The zero-order chi connectivity index (χ0) is 13.1. The Balaban J connectivity index is 3.09. The SMILES string of the molecule is CCC(C)(C(=O)OC)C(=O)c1ccc(Cl)cc1. The molecule has 1 atom stereocenters. The van der Waals surface area contributed by atoms with Crippen LogP contribution in [0.4, 0.5) is 0 Å². The Kier molecular flexibility index (Phi) is 4.29. The number of hydrogen-bond donors (Lipinski definition) is 0. The van der Waals surface area contributed by atoms with Crippen molar-refractivity contribution in [2.75, 3.05) is 7.11 Å². The Labute approximate surface area is 106 Å². The van der Waals surface area contributed by atoms with E-state index in [0.717, 1.165) is 0 Å². The normalized spacial score (nSPS) is 13.9. The first-order valence-electron chi connectivity index (χ1n) is 5.34. The molecule has 0 spiro atoms. The second kappa shape index (κ2) is 5.32. The summed E-state index contributed by atoms with van der Waals surface area (Å²) >= 11 is 5.75. The van der Waals surface area contributed by atoms with Gasteiger partial charge in [0.2, 0.25) is 0 Å². The molecule has 0 N–H and O–H groups in total. The van der Waals surface area contributed by atoms with Crippen molar-refractivity contribution < 1.29 is 14.3 Å². The molecule has 1 aromatic rings. The predicted octanol–water partition coefficient (Wildman–Crippen LogP) is 3.11. The van der Waals surface area contributed by atoms with E-state index in [2.05, 4.69) is 4.74 Å². The summed E-state index contributed by atoms with van der Waals surface area (Å²) in [6, 6.07) is 6.48. The lowest BCUT2D eigenvalue weighted by Crippen LogP contribution is -2.37. The number of rotatable bonds is 4. The van der Waals surface area contributed by atoms with Crippen molar-refractivity contribution in [1.82, 2.24) is 0 Å². The number of ketones is 1. The molecule has 4 heteroatoms. The fourth-order valence-electron chi connectivity index (χ4n) is 1.54.